The van der Waals surface area contributed by atoms with Crippen LogP contribution >= 0.6 is 15.9 Å². The van der Waals surface area contributed by atoms with E-state index in [1.807, 2.05) is 0 Å². The summed E-state index contributed by atoms with van der Waals surface area (Å²) in [5.74, 6) is -0.700. The van der Waals surface area contributed by atoms with E-state index in [2.05, 4.69) is 41.4 Å². The monoisotopic (exact) mass is 356 g/mol. The van der Waals surface area contributed by atoms with Gasteiger partial charge in [-0.2, -0.15) is 8.78 Å². The molecule has 0 saturated carbocycles. The molecule has 0 N–H and O–H groups in total. The van der Waals surface area contributed by atoms with Gasteiger partial charge in [0.05, 0.1) is 24.0 Å². The van der Waals surface area contributed by atoms with Gasteiger partial charge >= 0.3 is 6.43 Å². The number of aromatic nitrogens is 6. The van der Waals surface area contributed by atoms with E-state index in [4.69, 9.17) is 4.42 Å². The number of hydrogen-bond donors (Lipinski definition) is 0. The molecule has 0 atom stereocenters. The number of alkyl halides is 2. The van der Waals surface area contributed by atoms with Crippen LogP contribution in [-0.2, 0) is 6.54 Å². The van der Waals surface area contributed by atoms with Gasteiger partial charge in [-0.05, 0) is 28.1 Å². The molecule has 0 aliphatic rings. The molecule has 3 heterocycles. The fraction of sp³-hybridized carbons (Fsp3) is 0.182. The second-order valence-electron chi connectivity index (χ2n) is 4.02. The normalized spacial score (nSPS) is 11.2. The summed E-state index contributed by atoms with van der Waals surface area (Å²) in [4.78, 5) is 4.19. The zero-order valence-corrected chi connectivity index (χ0v) is 11.9. The first-order chi connectivity index (χ1) is 10.1. The zero-order valence-electron chi connectivity index (χ0n) is 10.3. The van der Waals surface area contributed by atoms with Gasteiger partial charge in [0.25, 0.3) is 5.89 Å². The fourth-order valence-corrected chi connectivity index (χ4v) is 1.91. The van der Waals surface area contributed by atoms with Crippen LogP contribution in [0.1, 0.15) is 18.0 Å². The molecular formula is C11H7BrF2N6O. The van der Waals surface area contributed by atoms with E-state index in [1.54, 1.807) is 23.0 Å². The predicted octanol–water partition coefficient (Wildman–Crippen LogP) is 2.47. The molecule has 0 radical (unpaired) electrons. The maximum Gasteiger partial charge on any atom is 0.314 e. The lowest BCUT2D eigenvalue weighted by Gasteiger charge is -2.00. The summed E-state index contributed by atoms with van der Waals surface area (Å²) in [6, 6.07) is 3.38. The molecule has 108 valence electrons. The Morgan fingerprint density at radius 2 is 2.10 bits per heavy atom. The fourth-order valence-electron chi connectivity index (χ4n) is 1.60. The third-order valence-electron chi connectivity index (χ3n) is 2.53. The van der Waals surface area contributed by atoms with Crippen LogP contribution in [0.3, 0.4) is 0 Å². The Balaban J connectivity index is 1.76. The molecule has 0 spiro atoms. The van der Waals surface area contributed by atoms with Gasteiger partial charge in [-0.1, -0.05) is 5.21 Å². The molecular weight excluding hydrogens is 350 g/mol. The van der Waals surface area contributed by atoms with E-state index in [0.717, 1.165) is 5.69 Å². The molecule has 21 heavy (non-hydrogen) atoms. The summed E-state index contributed by atoms with van der Waals surface area (Å²) in [7, 11) is 0. The highest BCUT2D eigenvalue weighted by atomic mass is 79.9. The van der Waals surface area contributed by atoms with Gasteiger partial charge < -0.3 is 4.42 Å². The Morgan fingerprint density at radius 3 is 2.67 bits per heavy atom. The van der Waals surface area contributed by atoms with Crippen molar-refractivity contribution in [3.63, 3.8) is 0 Å². The molecule has 0 aromatic carbocycles. The number of nitrogens with zero attached hydrogens (tertiary/aromatic N) is 6. The van der Waals surface area contributed by atoms with Gasteiger partial charge in [0, 0.05) is 6.20 Å². The van der Waals surface area contributed by atoms with Crippen LogP contribution in [0.4, 0.5) is 8.78 Å². The van der Waals surface area contributed by atoms with Crippen molar-refractivity contribution in [1.82, 2.24) is 30.2 Å². The summed E-state index contributed by atoms with van der Waals surface area (Å²) in [5.41, 5.74) is 1.20. The second kappa shape index (κ2) is 5.64. The summed E-state index contributed by atoms with van der Waals surface area (Å²) in [6.07, 6.45) is 0.399. The first-order valence-electron chi connectivity index (χ1n) is 5.74. The van der Waals surface area contributed by atoms with Crippen LogP contribution < -0.4 is 0 Å². The molecule has 3 rings (SSSR count). The molecule has 0 fully saturated rings. The van der Waals surface area contributed by atoms with Crippen molar-refractivity contribution in [2.45, 2.75) is 13.0 Å². The highest BCUT2D eigenvalue weighted by Gasteiger charge is 2.17. The largest absolute Gasteiger partial charge is 0.415 e. The van der Waals surface area contributed by atoms with Gasteiger partial charge in [0.1, 0.15) is 4.60 Å². The first kappa shape index (κ1) is 13.7. The minimum Gasteiger partial charge on any atom is -0.415 e. The van der Waals surface area contributed by atoms with Crippen LogP contribution in [0, 0.1) is 0 Å². The number of pyridine rings is 1. The van der Waals surface area contributed by atoms with Gasteiger partial charge in [-0.25, -0.2) is 4.68 Å². The minimum absolute atomic E-state index is 0.00727. The molecule has 0 saturated heterocycles. The van der Waals surface area contributed by atoms with E-state index >= 15 is 0 Å². The first-order valence-corrected chi connectivity index (χ1v) is 6.53. The van der Waals surface area contributed by atoms with Crippen molar-refractivity contribution in [2.24, 2.45) is 0 Å². The second-order valence-corrected chi connectivity index (χ2v) is 4.84. The van der Waals surface area contributed by atoms with Crippen molar-refractivity contribution < 1.29 is 13.2 Å². The van der Waals surface area contributed by atoms with Crippen molar-refractivity contribution >= 4 is 15.9 Å². The van der Waals surface area contributed by atoms with E-state index in [9.17, 15) is 8.78 Å². The molecule has 0 amide bonds. The van der Waals surface area contributed by atoms with Crippen LogP contribution in [0.5, 0.6) is 0 Å². The lowest BCUT2D eigenvalue weighted by molar-refractivity contribution is 0.116. The highest BCUT2D eigenvalue weighted by Crippen LogP contribution is 2.22. The van der Waals surface area contributed by atoms with Crippen LogP contribution in [0.25, 0.3) is 11.5 Å². The summed E-state index contributed by atoms with van der Waals surface area (Å²) in [6.45, 7) is 0.436. The van der Waals surface area contributed by atoms with Crippen molar-refractivity contribution in [1.29, 1.82) is 0 Å². The quantitative estimate of drug-likeness (QED) is 0.714. The predicted molar refractivity (Wildman–Crippen MR) is 69.3 cm³/mol. The van der Waals surface area contributed by atoms with Crippen molar-refractivity contribution in [3.8, 4) is 11.5 Å². The molecule has 3 aromatic heterocycles. The number of rotatable bonds is 4. The summed E-state index contributed by atoms with van der Waals surface area (Å²) < 4.78 is 31.8. The van der Waals surface area contributed by atoms with Crippen LogP contribution in [0.2, 0.25) is 0 Å². The standard InChI is InChI=1S/C11H7BrF2N6O/c12-8-5-20(19-16-8)4-7-2-1-6(3-15-7)10-17-18-11(21-10)9(13)14/h1-3,5,9H,4H2. The summed E-state index contributed by atoms with van der Waals surface area (Å²) in [5, 5.41) is 14.5. The Morgan fingerprint density at radius 1 is 1.24 bits per heavy atom. The van der Waals surface area contributed by atoms with E-state index < -0.39 is 12.3 Å². The van der Waals surface area contributed by atoms with Crippen LogP contribution in [0.15, 0.2) is 33.5 Å². The third-order valence-corrected chi connectivity index (χ3v) is 2.90. The Bertz CT molecular complexity index is 741. The maximum absolute atomic E-state index is 12.4. The lowest BCUT2D eigenvalue weighted by Crippen LogP contribution is -2.02. The molecule has 0 aliphatic heterocycles. The molecule has 10 heteroatoms. The number of halogens is 3. The van der Waals surface area contributed by atoms with Gasteiger partial charge in [-0.3, -0.25) is 4.98 Å². The zero-order chi connectivity index (χ0) is 14.8. The Kier molecular flexibility index (Phi) is 3.69. The molecule has 3 aromatic rings. The Hall–Kier alpha value is -2.23. The topological polar surface area (TPSA) is 82.5 Å². The SMILES string of the molecule is FC(F)c1nnc(-c2ccc(Cn3cc(Br)nn3)nc2)o1. The average Bonchev–Trinajstić information content (AvgIpc) is 3.09. The smallest absolute Gasteiger partial charge is 0.314 e. The van der Waals surface area contributed by atoms with E-state index in [1.165, 1.54) is 6.20 Å². The molecule has 0 bridgehead atoms. The number of hydrogen-bond acceptors (Lipinski definition) is 6. The Labute approximate surface area is 125 Å². The third kappa shape index (κ3) is 3.10. The van der Waals surface area contributed by atoms with E-state index in [-0.39, 0.29) is 5.89 Å². The van der Waals surface area contributed by atoms with Gasteiger partial charge in [0.2, 0.25) is 5.89 Å². The van der Waals surface area contributed by atoms with Crippen molar-refractivity contribution in [2.75, 3.05) is 0 Å². The van der Waals surface area contributed by atoms with E-state index in [0.29, 0.717) is 16.7 Å². The highest BCUT2D eigenvalue weighted by molar-refractivity contribution is 9.10. The summed E-state index contributed by atoms with van der Waals surface area (Å²) >= 11 is 3.20. The molecule has 0 unspecified atom stereocenters. The average molecular weight is 357 g/mol. The molecule has 7 nitrogen and oxygen atoms in total. The molecule has 0 aliphatic carbocycles. The lowest BCUT2D eigenvalue weighted by atomic mass is 10.2. The van der Waals surface area contributed by atoms with Crippen molar-refractivity contribution in [3.05, 3.63) is 40.7 Å². The van der Waals surface area contributed by atoms with Gasteiger partial charge in [0.15, 0.2) is 0 Å². The van der Waals surface area contributed by atoms with Gasteiger partial charge in [-0.15, -0.1) is 15.3 Å². The minimum atomic E-state index is -2.79. The van der Waals surface area contributed by atoms with Crippen LogP contribution in [-0.4, -0.2) is 30.2 Å². The maximum atomic E-state index is 12.4.